The Morgan fingerprint density at radius 3 is 2.39 bits per heavy atom. The highest BCUT2D eigenvalue weighted by atomic mass is 35.5. The predicted molar refractivity (Wildman–Crippen MR) is 105 cm³/mol. The maximum atomic E-state index is 13.1. The van der Waals surface area contributed by atoms with Crippen molar-refractivity contribution >= 4 is 27.3 Å². The average Bonchev–Trinajstić information content (AvgIpc) is 3.38. The third kappa shape index (κ3) is 3.67. The summed E-state index contributed by atoms with van der Waals surface area (Å²) < 4.78 is 37.1. The van der Waals surface area contributed by atoms with Gasteiger partial charge in [0.2, 0.25) is 20.7 Å². The van der Waals surface area contributed by atoms with Crippen LogP contribution >= 0.6 is 11.6 Å². The van der Waals surface area contributed by atoms with E-state index in [2.05, 4.69) is 10.3 Å². The standard InChI is InChI=1S/C20H15ClN2O4S/c21-15-10-8-14(9-11-15)13-22-19-20(23-18(27-19)17-7-4-12-26-17)28(24,25)16-5-2-1-3-6-16/h1-12,22H,13H2. The zero-order chi connectivity index (χ0) is 19.6. The Labute approximate surface area is 166 Å². The van der Waals surface area contributed by atoms with E-state index in [1.807, 2.05) is 12.1 Å². The van der Waals surface area contributed by atoms with E-state index in [-0.39, 0.29) is 21.7 Å². The number of rotatable bonds is 6. The molecule has 4 rings (SSSR count). The molecule has 142 valence electrons. The molecule has 0 bridgehead atoms. The molecule has 2 aromatic carbocycles. The van der Waals surface area contributed by atoms with E-state index < -0.39 is 9.84 Å². The molecule has 0 atom stereocenters. The Morgan fingerprint density at radius 2 is 1.71 bits per heavy atom. The van der Waals surface area contributed by atoms with Gasteiger partial charge in [-0.15, -0.1) is 0 Å². The van der Waals surface area contributed by atoms with Gasteiger partial charge < -0.3 is 14.2 Å². The van der Waals surface area contributed by atoms with Crippen molar-refractivity contribution < 1.29 is 17.3 Å². The van der Waals surface area contributed by atoms with E-state index in [1.54, 1.807) is 42.5 Å². The molecule has 0 amide bonds. The summed E-state index contributed by atoms with van der Waals surface area (Å²) in [6.07, 6.45) is 1.46. The maximum Gasteiger partial charge on any atom is 0.266 e. The van der Waals surface area contributed by atoms with Gasteiger partial charge in [-0.2, -0.15) is 4.98 Å². The number of sulfone groups is 1. The van der Waals surface area contributed by atoms with E-state index in [0.29, 0.717) is 17.3 Å². The fourth-order valence-electron chi connectivity index (χ4n) is 2.60. The lowest BCUT2D eigenvalue weighted by Crippen LogP contribution is -2.07. The van der Waals surface area contributed by atoms with Crippen molar-refractivity contribution in [1.82, 2.24) is 4.98 Å². The van der Waals surface area contributed by atoms with E-state index >= 15 is 0 Å². The summed E-state index contributed by atoms with van der Waals surface area (Å²) in [5.74, 6) is 0.465. The number of furan rings is 1. The van der Waals surface area contributed by atoms with Crippen LogP contribution in [0, 0.1) is 0 Å². The van der Waals surface area contributed by atoms with Gasteiger partial charge in [0.05, 0.1) is 11.2 Å². The molecule has 0 aliphatic rings. The van der Waals surface area contributed by atoms with E-state index in [1.165, 1.54) is 18.4 Å². The first-order valence-corrected chi connectivity index (χ1v) is 10.2. The second-order valence-electron chi connectivity index (χ2n) is 5.93. The molecule has 0 unspecified atom stereocenters. The summed E-state index contributed by atoms with van der Waals surface area (Å²) in [7, 11) is -3.88. The molecule has 28 heavy (non-hydrogen) atoms. The van der Waals surface area contributed by atoms with Crippen molar-refractivity contribution in [1.29, 1.82) is 0 Å². The molecule has 8 heteroatoms. The molecule has 1 N–H and O–H groups in total. The first-order valence-electron chi connectivity index (χ1n) is 8.37. The van der Waals surface area contributed by atoms with Crippen LogP contribution in [-0.4, -0.2) is 13.4 Å². The molecule has 0 spiro atoms. The Kier molecular flexibility index (Phi) is 4.93. The summed E-state index contributed by atoms with van der Waals surface area (Å²) in [4.78, 5) is 4.32. The summed E-state index contributed by atoms with van der Waals surface area (Å²) >= 11 is 5.90. The van der Waals surface area contributed by atoms with Gasteiger partial charge in [-0.25, -0.2) is 8.42 Å². The van der Waals surface area contributed by atoms with E-state index in [4.69, 9.17) is 20.4 Å². The molecule has 0 fully saturated rings. The number of aromatic nitrogens is 1. The zero-order valence-corrected chi connectivity index (χ0v) is 16.1. The van der Waals surface area contributed by atoms with Crippen LogP contribution in [0.4, 0.5) is 5.88 Å². The van der Waals surface area contributed by atoms with Crippen LogP contribution < -0.4 is 5.32 Å². The van der Waals surface area contributed by atoms with Gasteiger partial charge in [0.25, 0.3) is 5.89 Å². The highest BCUT2D eigenvalue weighted by molar-refractivity contribution is 7.91. The van der Waals surface area contributed by atoms with Crippen LogP contribution in [0.3, 0.4) is 0 Å². The molecule has 0 aliphatic heterocycles. The molecule has 0 saturated heterocycles. The van der Waals surface area contributed by atoms with Gasteiger partial charge in [0, 0.05) is 11.6 Å². The number of anilines is 1. The molecule has 4 aromatic rings. The van der Waals surface area contributed by atoms with Crippen molar-refractivity contribution in [3.05, 3.63) is 83.6 Å². The molecule has 2 aromatic heterocycles. The van der Waals surface area contributed by atoms with Gasteiger partial charge in [0.15, 0.2) is 5.76 Å². The number of hydrogen-bond acceptors (Lipinski definition) is 6. The quantitative estimate of drug-likeness (QED) is 0.476. The SMILES string of the molecule is O=S(=O)(c1ccccc1)c1nc(-c2ccco2)oc1NCc1ccc(Cl)cc1. The van der Waals surface area contributed by atoms with Crippen LogP contribution in [0.25, 0.3) is 11.7 Å². The average molecular weight is 415 g/mol. The second kappa shape index (κ2) is 7.53. The fourth-order valence-corrected chi connectivity index (χ4v) is 4.03. The maximum absolute atomic E-state index is 13.1. The predicted octanol–water partition coefficient (Wildman–Crippen LogP) is 5.03. The van der Waals surface area contributed by atoms with Crippen molar-refractivity contribution in [3.8, 4) is 11.7 Å². The Morgan fingerprint density at radius 1 is 0.964 bits per heavy atom. The molecule has 2 heterocycles. The molecule has 0 aliphatic carbocycles. The van der Waals surface area contributed by atoms with Gasteiger partial charge >= 0.3 is 0 Å². The monoisotopic (exact) mass is 414 g/mol. The number of hydrogen-bond donors (Lipinski definition) is 1. The van der Waals surface area contributed by atoms with Gasteiger partial charge in [-0.1, -0.05) is 41.9 Å². The summed E-state index contributed by atoms with van der Waals surface area (Å²) in [6.45, 7) is 0.335. The minimum atomic E-state index is -3.88. The smallest absolute Gasteiger partial charge is 0.266 e. The number of halogens is 1. The van der Waals surface area contributed by atoms with Crippen LogP contribution in [0.1, 0.15) is 5.56 Å². The topological polar surface area (TPSA) is 85.3 Å². The third-order valence-electron chi connectivity index (χ3n) is 4.00. The fraction of sp³-hybridized carbons (Fsp3) is 0.0500. The van der Waals surface area contributed by atoms with Crippen molar-refractivity contribution in [3.63, 3.8) is 0 Å². The second-order valence-corrected chi connectivity index (χ2v) is 8.23. The largest absolute Gasteiger partial charge is 0.459 e. The molecule has 0 saturated carbocycles. The molecular weight excluding hydrogens is 400 g/mol. The van der Waals surface area contributed by atoms with Crippen molar-refractivity contribution in [2.75, 3.05) is 5.32 Å². The molecule has 6 nitrogen and oxygen atoms in total. The number of oxazole rings is 1. The Balaban J connectivity index is 1.72. The van der Waals surface area contributed by atoms with Gasteiger partial charge in [-0.05, 0) is 42.0 Å². The molecular formula is C20H15ClN2O4S. The minimum Gasteiger partial charge on any atom is -0.459 e. The Hall–Kier alpha value is -3.03. The first-order chi connectivity index (χ1) is 13.5. The summed E-state index contributed by atoms with van der Waals surface area (Å²) in [5, 5.41) is 3.44. The summed E-state index contributed by atoms with van der Waals surface area (Å²) in [6, 6.07) is 18.6. The number of nitrogens with one attached hydrogen (secondary N) is 1. The van der Waals surface area contributed by atoms with Gasteiger partial charge in [0.1, 0.15) is 0 Å². The van der Waals surface area contributed by atoms with E-state index in [9.17, 15) is 8.42 Å². The molecule has 0 radical (unpaired) electrons. The first kappa shape index (κ1) is 18.3. The van der Waals surface area contributed by atoms with E-state index in [0.717, 1.165) is 5.56 Å². The summed E-state index contributed by atoms with van der Waals surface area (Å²) in [5.41, 5.74) is 0.906. The van der Waals surface area contributed by atoms with Crippen LogP contribution in [0.5, 0.6) is 0 Å². The lowest BCUT2D eigenvalue weighted by atomic mass is 10.2. The van der Waals surface area contributed by atoms with Crippen LogP contribution in [-0.2, 0) is 16.4 Å². The normalized spacial score (nSPS) is 11.5. The highest BCUT2D eigenvalue weighted by Crippen LogP contribution is 2.32. The van der Waals surface area contributed by atoms with Gasteiger partial charge in [-0.3, -0.25) is 0 Å². The number of nitrogens with zero attached hydrogens (tertiary/aromatic N) is 1. The lowest BCUT2D eigenvalue weighted by Gasteiger charge is -2.06. The number of benzene rings is 2. The van der Waals surface area contributed by atoms with Crippen LogP contribution in [0.2, 0.25) is 5.02 Å². The Bertz CT molecular complexity index is 1170. The zero-order valence-electron chi connectivity index (χ0n) is 14.5. The van der Waals surface area contributed by atoms with Crippen molar-refractivity contribution in [2.24, 2.45) is 0 Å². The lowest BCUT2D eigenvalue weighted by molar-refractivity contribution is 0.522. The minimum absolute atomic E-state index is 0.0465. The highest BCUT2D eigenvalue weighted by Gasteiger charge is 2.29. The third-order valence-corrected chi connectivity index (χ3v) is 5.93. The van der Waals surface area contributed by atoms with Crippen molar-refractivity contribution in [2.45, 2.75) is 16.5 Å². The van der Waals surface area contributed by atoms with Crippen LogP contribution in [0.15, 0.2) is 91.7 Å².